The number of nitrogens with zero attached hydrogens (tertiary/aromatic N) is 1. The Kier molecular flexibility index (Phi) is 4.25. The van der Waals surface area contributed by atoms with Crippen molar-refractivity contribution in [2.75, 3.05) is 19.3 Å². The van der Waals surface area contributed by atoms with Crippen LogP contribution in [0.2, 0.25) is 0 Å². The van der Waals surface area contributed by atoms with Gasteiger partial charge in [-0.15, -0.1) is 0 Å². The van der Waals surface area contributed by atoms with Gasteiger partial charge in [-0.1, -0.05) is 0 Å². The van der Waals surface area contributed by atoms with Crippen molar-refractivity contribution in [3.8, 4) is 0 Å². The number of halogens is 1. The minimum atomic E-state index is -3.41. The highest BCUT2D eigenvalue weighted by molar-refractivity contribution is 7.91. The number of carbonyl (C=O) groups excluding carboxylic acids is 1. The van der Waals surface area contributed by atoms with Gasteiger partial charge in [0.2, 0.25) is 0 Å². The van der Waals surface area contributed by atoms with Crippen molar-refractivity contribution < 1.29 is 22.3 Å². The van der Waals surface area contributed by atoms with E-state index in [1.165, 1.54) is 4.90 Å². The van der Waals surface area contributed by atoms with E-state index in [1.54, 1.807) is 20.8 Å². The van der Waals surface area contributed by atoms with Crippen LogP contribution in [0.4, 0.5) is 9.18 Å². The summed E-state index contributed by atoms with van der Waals surface area (Å²) in [5.74, 6) is 0. The maximum absolute atomic E-state index is 13.8. The molecular weight excluding hydrogens is 261 g/mol. The standard InChI is InChI=1S/C11H20FNO4S/c1-11(2,3)17-10(14)13-6-5-9(8(12)7-13)18(4,15)16/h8-9H,5-7H2,1-4H3/t8-,9-/m1/s1. The van der Waals surface area contributed by atoms with Gasteiger partial charge in [-0.25, -0.2) is 17.6 Å². The van der Waals surface area contributed by atoms with E-state index >= 15 is 0 Å². The lowest BCUT2D eigenvalue weighted by Gasteiger charge is -2.34. The molecule has 0 radical (unpaired) electrons. The van der Waals surface area contributed by atoms with Crippen LogP contribution in [0.15, 0.2) is 0 Å². The van der Waals surface area contributed by atoms with Gasteiger partial charge in [0.25, 0.3) is 0 Å². The third kappa shape index (κ3) is 4.12. The highest BCUT2D eigenvalue weighted by Gasteiger charge is 2.38. The summed E-state index contributed by atoms with van der Waals surface area (Å²) in [7, 11) is -3.41. The molecule has 0 bridgehead atoms. The van der Waals surface area contributed by atoms with Crippen LogP contribution < -0.4 is 0 Å². The van der Waals surface area contributed by atoms with Crippen LogP contribution >= 0.6 is 0 Å². The van der Waals surface area contributed by atoms with Crippen molar-refractivity contribution in [3.05, 3.63) is 0 Å². The highest BCUT2D eigenvalue weighted by atomic mass is 32.2. The Balaban J connectivity index is 2.64. The lowest BCUT2D eigenvalue weighted by molar-refractivity contribution is 0.0143. The van der Waals surface area contributed by atoms with Crippen LogP contribution in [0.25, 0.3) is 0 Å². The van der Waals surface area contributed by atoms with E-state index in [4.69, 9.17) is 4.74 Å². The number of amides is 1. The fourth-order valence-corrected chi connectivity index (χ4v) is 3.01. The minimum absolute atomic E-state index is 0.110. The number of hydrogen-bond acceptors (Lipinski definition) is 4. The molecule has 1 aliphatic heterocycles. The maximum Gasteiger partial charge on any atom is 0.410 e. The predicted molar refractivity (Wildman–Crippen MR) is 66.0 cm³/mol. The van der Waals surface area contributed by atoms with Crippen molar-refractivity contribution in [3.63, 3.8) is 0 Å². The Bertz CT molecular complexity index is 415. The van der Waals surface area contributed by atoms with Gasteiger partial charge in [-0.2, -0.15) is 0 Å². The van der Waals surface area contributed by atoms with Crippen molar-refractivity contribution in [2.24, 2.45) is 0 Å². The highest BCUT2D eigenvalue weighted by Crippen LogP contribution is 2.22. The summed E-state index contributed by atoms with van der Waals surface area (Å²) in [6, 6.07) is 0. The normalized spacial score (nSPS) is 25.9. The molecule has 1 rings (SSSR count). The molecule has 106 valence electrons. The van der Waals surface area contributed by atoms with Crippen molar-refractivity contribution >= 4 is 15.9 Å². The molecule has 5 nitrogen and oxygen atoms in total. The molecular formula is C11H20FNO4S. The Hall–Kier alpha value is -0.850. The average molecular weight is 281 g/mol. The van der Waals surface area contributed by atoms with Gasteiger partial charge in [-0.3, -0.25) is 0 Å². The van der Waals surface area contributed by atoms with E-state index in [-0.39, 0.29) is 19.5 Å². The minimum Gasteiger partial charge on any atom is -0.444 e. The summed E-state index contributed by atoms with van der Waals surface area (Å²) in [4.78, 5) is 12.9. The van der Waals surface area contributed by atoms with Crippen LogP contribution in [-0.4, -0.2) is 55.8 Å². The first-order valence-corrected chi connectivity index (χ1v) is 7.77. The van der Waals surface area contributed by atoms with Gasteiger partial charge in [0.05, 0.1) is 11.8 Å². The van der Waals surface area contributed by atoms with Crippen LogP contribution in [0, 0.1) is 0 Å². The molecule has 0 aliphatic carbocycles. The SMILES string of the molecule is CC(C)(C)OC(=O)N1CC[C@@H](S(C)(=O)=O)[C@H](F)C1. The monoisotopic (exact) mass is 281 g/mol. The number of likely N-dealkylation sites (tertiary alicyclic amines) is 1. The van der Waals surface area contributed by atoms with E-state index < -0.39 is 33.0 Å². The molecule has 1 fully saturated rings. The van der Waals surface area contributed by atoms with Crippen LogP contribution in [0.1, 0.15) is 27.2 Å². The summed E-state index contributed by atoms with van der Waals surface area (Å²) >= 11 is 0. The summed E-state index contributed by atoms with van der Waals surface area (Å²) < 4.78 is 41.5. The smallest absolute Gasteiger partial charge is 0.410 e. The van der Waals surface area contributed by atoms with Gasteiger partial charge in [-0.05, 0) is 27.2 Å². The second-order valence-electron chi connectivity index (χ2n) is 5.60. The molecule has 2 atom stereocenters. The molecule has 1 saturated heterocycles. The number of piperidine rings is 1. The van der Waals surface area contributed by atoms with E-state index in [1.807, 2.05) is 0 Å². The van der Waals surface area contributed by atoms with Crippen LogP contribution in [-0.2, 0) is 14.6 Å². The van der Waals surface area contributed by atoms with Crippen LogP contribution in [0.3, 0.4) is 0 Å². The number of sulfone groups is 1. The number of carbonyl (C=O) groups is 1. The van der Waals surface area contributed by atoms with Crippen molar-refractivity contribution in [2.45, 2.75) is 44.2 Å². The number of alkyl halides is 1. The van der Waals surface area contributed by atoms with E-state index in [0.717, 1.165) is 6.26 Å². The van der Waals surface area contributed by atoms with Crippen LogP contribution in [0.5, 0.6) is 0 Å². The molecule has 0 unspecified atom stereocenters. The van der Waals surface area contributed by atoms with Crippen molar-refractivity contribution in [1.82, 2.24) is 4.90 Å². The lowest BCUT2D eigenvalue weighted by atomic mass is 10.1. The molecule has 1 aliphatic rings. The Morgan fingerprint density at radius 2 is 1.94 bits per heavy atom. The van der Waals surface area contributed by atoms with Gasteiger partial charge in [0.15, 0.2) is 9.84 Å². The fourth-order valence-electron chi connectivity index (χ4n) is 1.86. The molecule has 0 aromatic carbocycles. The summed E-state index contributed by atoms with van der Waals surface area (Å²) in [5, 5.41) is -1.02. The second kappa shape index (κ2) is 5.03. The number of hydrogen-bond donors (Lipinski definition) is 0. The van der Waals surface area contributed by atoms with Gasteiger partial charge < -0.3 is 9.64 Å². The quantitative estimate of drug-likeness (QED) is 0.728. The first-order chi connectivity index (χ1) is 8.00. The van der Waals surface area contributed by atoms with Gasteiger partial charge in [0.1, 0.15) is 11.8 Å². The molecule has 0 N–H and O–H groups in total. The largest absolute Gasteiger partial charge is 0.444 e. The fraction of sp³-hybridized carbons (Fsp3) is 0.909. The van der Waals surface area contributed by atoms with E-state index in [2.05, 4.69) is 0 Å². The molecule has 0 aromatic rings. The molecule has 7 heteroatoms. The summed E-state index contributed by atoms with van der Waals surface area (Å²) in [5.41, 5.74) is -0.642. The zero-order chi connectivity index (χ0) is 14.1. The first kappa shape index (κ1) is 15.2. The third-order valence-electron chi connectivity index (χ3n) is 2.68. The van der Waals surface area contributed by atoms with E-state index in [9.17, 15) is 17.6 Å². The first-order valence-electron chi connectivity index (χ1n) is 5.81. The zero-order valence-corrected chi connectivity index (χ0v) is 12.0. The van der Waals surface area contributed by atoms with Gasteiger partial charge in [0, 0.05) is 12.8 Å². The molecule has 0 spiro atoms. The molecule has 0 aromatic heterocycles. The Morgan fingerprint density at radius 3 is 2.33 bits per heavy atom. The second-order valence-corrected chi connectivity index (χ2v) is 7.86. The predicted octanol–water partition coefficient (Wildman–Crippen LogP) is 1.38. The topological polar surface area (TPSA) is 63.7 Å². The number of ether oxygens (including phenoxy) is 1. The zero-order valence-electron chi connectivity index (χ0n) is 11.1. The lowest BCUT2D eigenvalue weighted by Crippen LogP contribution is -2.50. The Morgan fingerprint density at radius 1 is 1.39 bits per heavy atom. The summed E-state index contributed by atoms with van der Waals surface area (Å²) in [6.45, 7) is 5.14. The van der Waals surface area contributed by atoms with Gasteiger partial charge >= 0.3 is 6.09 Å². The number of rotatable bonds is 1. The van der Waals surface area contributed by atoms with E-state index in [0.29, 0.717) is 0 Å². The van der Waals surface area contributed by atoms with Crippen molar-refractivity contribution in [1.29, 1.82) is 0 Å². The average Bonchev–Trinajstić information content (AvgIpc) is 2.12. The maximum atomic E-state index is 13.8. The molecule has 0 saturated carbocycles. The molecule has 1 heterocycles. The Labute approximate surface area is 107 Å². The summed E-state index contributed by atoms with van der Waals surface area (Å²) in [6.07, 6.45) is -1.02. The third-order valence-corrected chi connectivity index (χ3v) is 4.31. The molecule has 1 amide bonds. The molecule has 18 heavy (non-hydrogen) atoms.